The number of carbonyl (C=O) groups is 1. The van der Waals surface area contributed by atoms with E-state index in [1.807, 2.05) is 0 Å². The van der Waals surface area contributed by atoms with Crippen molar-refractivity contribution in [2.45, 2.75) is 19.9 Å². The van der Waals surface area contributed by atoms with Crippen LogP contribution in [0.1, 0.15) is 23.6 Å². The molecule has 0 bridgehead atoms. The number of benzene rings is 1. The number of amides is 1. The van der Waals surface area contributed by atoms with Crippen molar-refractivity contribution < 1.29 is 14.6 Å². The number of pyridine rings is 1. The molecule has 0 radical (unpaired) electrons. The molecule has 0 unspecified atom stereocenters. The number of rotatable bonds is 5. The fourth-order valence-electron chi connectivity index (χ4n) is 3.34. The molecule has 7 nitrogen and oxygen atoms in total. The van der Waals surface area contributed by atoms with Gasteiger partial charge in [-0.15, -0.1) is 0 Å². The minimum absolute atomic E-state index is 0.298. The Kier molecular flexibility index (Phi) is 7.05. The Hall–Kier alpha value is -2.22. The monoisotopic (exact) mass is 439 g/mol. The highest BCUT2D eigenvalue weighted by atomic mass is 35.5. The summed E-state index contributed by atoms with van der Waals surface area (Å²) >= 11 is 12.4. The van der Waals surface area contributed by atoms with E-state index in [1.54, 1.807) is 36.2 Å². The SMILES string of the molecule is CCOC(=O)N1CCN(Cc2c(Cc3cc(Cl)ccc3Cl)c[nH]c(=O)c2O)CC1. The Morgan fingerprint density at radius 3 is 2.62 bits per heavy atom. The van der Waals surface area contributed by atoms with Gasteiger partial charge in [0.15, 0.2) is 5.75 Å². The molecule has 1 saturated heterocycles. The predicted molar refractivity (Wildman–Crippen MR) is 112 cm³/mol. The summed E-state index contributed by atoms with van der Waals surface area (Å²) in [5, 5.41) is 11.5. The number of aromatic hydroxyl groups is 1. The van der Waals surface area contributed by atoms with Crippen LogP contribution in [-0.2, 0) is 17.7 Å². The quantitative estimate of drug-likeness (QED) is 0.746. The lowest BCUT2D eigenvalue weighted by molar-refractivity contribution is 0.0775. The Morgan fingerprint density at radius 2 is 1.93 bits per heavy atom. The molecule has 1 aromatic carbocycles. The van der Waals surface area contributed by atoms with Gasteiger partial charge in [0.2, 0.25) is 0 Å². The standard InChI is InChI=1S/C20H23Cl2N3O4/c1-2-29-20(28)25-7-5-24(6-8-25)12-16-14(11-23-19(27)18(16)26)9-13-10-15(21)3-4-17(13)22/h3-4,10-11,26H,2,5-9,12H2,1H3,(H,23,27). The molecule has 1 fully saturated rings. The van der Waals surface area contributed by atoms with Crippen molar-refractivity contribution >= 4 is 29.3 Å². The van der Waals surface area contributed by atoms with Gasteiger partial charge in [-0.25, -0.2) is 4.79 Å². The number of nitrogens with zero attached hydrogens (tertiary/aromatic N) is 2. The average Bonchev–Trinajstić information content (AvgIpc) is 2.71. The first-order chi connectivity index (χ1) is 13.9. The number of aromatic nitrogens is 1. The average molecular weight is 440 g/mol. The first-order valence-electron chi connectivity index (χ1n) is 9.39. The number of carbonyl (C=O) groups excluding carboxylic acids is 1. The summed E-state index contributed by atoms with van der Waals surface area (Å²) in [5.74, 6) is -0.298. The lowest BCUT2D eigenvalue weighted by Crippen LogP contribution is -2.48. The van der Waals surface area contributed by atoms with Crippen LogP contribution in [0.3, 0.4) is 0 Å². The van der Waals surface area contributed by atoms with Crippen LogP contribution < -0.4 is 5.56 Å². The minimum Gasteiger partial charge on any atom is -0.503 e. The molecule has 1 aromatic heterocycles. The zero-order valence-electron chi connectivity index (χ0n) is 16.1. The van der Waals surface area contributed by atoms with Crippen molar-refractivity contribution in [1.29, 1.82) is 0 Å². The molecule has 156 valence electrons. The summed E-state index contributed by atoms with van der Waals surface area (Å²) in [6.45, 7) is 4.79. The Balaban J connectivity index is 1.77. The number of hydrogen-bond donors (Lipinski definition) is 2. The summed E-state index contributed by atoms with van der Waals surface area (Å²) in [4.78, 5) is 30.1. The van der Waals surface area contributed by atoms with Gasteiger partial charge in [-0.05, 0) is 36.2 Å². The maximum atomic E-state index is 12.0. The van der Waals surface area contributed by atoms with Gasteiger partial charge in [-0.3, -0.25) is 9.69 Å². The molecular weight excluding hydrogens is 417 g/mol. The molecule has 1 amide bonds. The van der Waals surface area contributed by atoms with Crippen molar-refractivity contribution in [2.75, 3.05) is 32.8 Å². The molecule has 0 atom stereocenters. The maximum absolute atomic E-state index is 12.0. The second kappa shape index (κ2) is 9.52. The van der Waals surface area contributed by atoms with E-state index in [2.05, 4.69) is 9.88 Å². The summed E-state index contributed by atoms with van der Waals surface area (Å²) < 4.78 is 5.04. The van der Waals surface area contributed by atoms with Gasteiger partial charge in [-0.1, -0.05) is 23.2 Å². The molecule has 0 saturated carbocycles. The van der Waals surface area contributed by atoms with Crippen LogP contribution in [-0.4, -0.2) is 58.8 Å². The zero-order valence-corrected chi connectivity index (χ0v) is 17.6. The summed E-state index contributed by atoms with van der Waals surface area (Å²) in [6, 6.07) is 5.20. The Labute approximate surface area is 178 Å². The van der Waals surface area contributed by atoms with Gasteiger partial charge in [0.25, 0.3) is 5.56 Å². The highest BCUT2D eigenvalue weighted by Gasteiger charge is 2.24. The maximum Gasteiger partial charge on any atom is 0.409 e. The number of aromatic amines is 1. The summed E-state index contributed by atoms with van der Waals surface area (Å²) in [7, 11) is 0. The third-order valence-electron chi connectivity index (χ3n) is 4.93. The number of ether oxygens (including phenoxy) is 1. The third kappa shape index (κ3) is 5.23. The van der Waals surface area contributed by atoms with E-state index in [0.29, 0.717) is 61.4 Å². The molecule has 3 rings (SSSR count). The van der Waals surface area contributed by atoms with Crippen molar-refractivity contribution in [3.05, 3.63) is 61.5 Å². The molecule has 2 heterocycles. The lowest BCUT2D eigenvalue weighted by Gasteiger charge is -2.34. The van der Waals surface area contributed by atoms with Crippen molar-refractivity contribution in [3.63, 3.8) is 0 Å². The van der Waals surface area contributed by atoms with Crippen LogP contribution in [0.2, 0.25) is 10.0 Å². The minimum atomic E-state index is -0.536. The smallest absolute Gasteiger partial charge is 0.409 e. The van der Waals surface area contributed by atoms with E-state index in [1.165, 1.54) is 0 Å². The first kappa shape index (κ1) is 21.5. The number of H-pyrrole nitrogens is 1. The van der Waals surface area contributed by atoms with Crippen LogP contribution in [0, 0.1) is 0 Å². The molecule has 9 heteroatoms. The topological polar surface area (TPSA) is 85.9 Å². The van der Waals surface area contributed by atoms with Crippen LogP contribution in [0.5, 0.6) is 5.75 Å². The van der Waals surface area contributed by atoms with Crippen LogP contribution in [0.4, 0.5) is 4.79 Å². The largest absolute Gasteiger partial charge is 0.503 e. The van der Waals surface area contributed by atoms with Gasteiger partial charge >= 0.3 is 6.09 Å². The van der Waals surface area contributed by atoms with Gasteiger partial charge in [0.05, 0.1) is 6.61 Å². The Morgan fingerprint density at radius 1 is 1.21 bits per heavy atom. The lowest BCUT2D eigenvalue weighted by atomic mass is 10.0. The predicted octanol–water partition coefficient (Wildman–Crippen LogP) is 3.25. The molecule has 1 aliphatic heterocycles. The van der Waals surface area contributed by atoms with E-state index < -0.39 is 5.56 Å². The van der Waals surface area contributed by atoms with E-state index in [-0.39, 0.29) is 11.8 Å². The third-order valence-corrected chi connectivity index (χ3v) is 5.54. The molecule has 2 aromatic rings. The van der Waals surface area contributed by atoms with Gasteiger partial charge in [0, 0.05) is 61.0 Å². The summed E-state index contributed by atoms with van der Waals surface area (Å²) in [6.07, 6.45) is 1.70. The van der Waals surface area contributed by atoms with Crippen molar-refractivity contribution in [3.8, 4) is 5.75 Å². The second-order valence-corrected chi connectivity index (χ2v) is 7.69. The zero-order chi connectivity index (χ0) is 21.0. The number of hydrogen-bond acceptors (Lipinski definition) is 5. The highest BCUT2D eigenvalue weighted by Crippen LogP contribution is 2.27. The second-order valence-electron chi connectivity index (χ2n) is 6.84. The van der Waals surface area contributed by atoms with Gasteiger partial charge < -0.3 is 19.7 Å². The molecule has 0 spiro atoms. The molecular formula is C20H23Cl2N3O4. The summed E-state index contributed by atoms with van der Waals surface area (Å²) in [5.41, 5.74) is 1.58. The van der Waals surface area contributed by atoms with E-state index in [4.69, 9.17) is 27.9 Å². The van der Waals surface area contributed by atoms with E-state index in [0.717, 1.165) is 11.1 Å². The number of halogens is 2. The van der Waals surface area contributed by atoms with Crippen molar-refractivity contribution in [2.24, 2.45) is 0 Å². The van der Waals surface area contributed by atoms with E-state index in [9.17, 15) is 14.7 Å². The normalized spacial score (nSPS) is 14.8. The van der Waals surface area contributed by atoms with Crippen molar-refractivity contribution in [1.82, 2.24) is 14.8 Å². The first-order valence-corrected chi connectivity index (χ1v) is 10.1. The molecule has 0 aliphatic carbocycles. The number of nitrogens with one attached hydrogen (secondary N) is 1. The van der Waals surface area contributed by atoms with Crippen LogP contribution in [0.25, 0.3) is 0 Å². The number of piperazine rings is 1. The van der Waals surface area contributed by atoms with E-state index >= 15 is 0 Å². The fraction of sp³-hybridized carbons (Fsp3) is 0.400. The van der Waals surface area contributed by atoms with Crippen LogP contribution >= 0.6 is 23.2 Å². The molecule has 2 N–H and O–H groups in total. The highest BCUT2D eigenvalue weighted by molar-refractivity contribution is 6.33. The fourth-order valence-corrected chi connectivity index (χ4v) is 3.72. The van der Waals surface area contributed by atoms with Gasteiger partial charge in [-0.2, -0.15) is 0 Å². The molecule has 29 heavy (non-hydrogen) atoms. The van der Waals surface area contributed by atoms with Gasteiger partial charge in [0.1, 0.15) is 0 Å². The molecule has 1 aliphatic rings. The Bertz CT molecular complexity index is 940. The van der Waals surface area contributed by atoms with Crippen LogP contribution in [0.15, 0.2) is 29.2 Å².